The minimum atomic E-state index is -3.68. The van der Waals surface area contributed by atoms with Crippen molar-refractivity contribution in [3.8, 4) is 0 Å². The van der Waals surface area contributed by atoms with Crippen LogP contribution in [0.3, 0.4) is 0 Å². The van der Waals surface area contributed by atoms with Crippen LogP contribution in [0.1, 0.15) is 27.7 Å². The summed E-state index contributed by atoms with van der Waals surface area (Å²) in [5.41, 5.74) is 5.09. The van der Waals surface area contributed by atoms with E-state index in [0.717, 1.165) is 6.54 Å². The van der Waals surface area contributed by atoms with Crippen LogP contribution < -0.4 is 5.73 Å². The lowest BCUT2D eigenvalue weighted by atomic mass is 10.3. The summed E-state index contributed by atoms with van der Waals surface area (Å²) in [6.07, 6.45) is 0. The summed E-state index contributed by atoms with van der Waals surface area (Å²) in [6, 6.07) is 0. The molecule has 8 heteroatoms. The van der Waals surface area contributed by atoms with Gasteiger partial charge in [-0.05, 0) is 41.4 Å². The summed E-state index contributed by atoms with van der Waals surface area (Å²) in [5, 5.41) is 0. The van der Waals surface area contributed by atoms with Gasteiger partial charge in [-0.25, -0.2) is 8.37 Å². The molecule has 122 valence electrons. The van der Waals surface area contributed by atoms with Crippen LogP contribution in [-0.2, 0) is 23.6 Å². The second-order valence-corrected chi connectivity index (χ2v) is 5.05. The summed E-state index contributed by atoms with van der Waals surface area (Å²) in [5.74, 6) is -0.435. The second kappa shape index (κ2) is 14.4. The fraction of sp³-hybridized carbons (Fsp3) is 0.750. The number of amides is 1. The van der Waals surface area contributed by atoms with Crippen molar-refractivity contribution in [2.24, 2.45) is 5.73 Å². The van der Waals surface area contributed by atoms with Crippen LogP contribution in [0, 0.1) is 0 Å². The van der Waals surface area contributed by atoms with E-state index in [0.29, 0.717) is 5.57 Å². The minimum absolute atomic E-state index is 0.113. The second-order valence-electron chi connectivity index (χ2n) is 3.76. The molecule has 0 saturated heterocycles. The molecule has 0 fully saturated rings. The number of hydrogen-bond donors (Lipinski definition) is 1. The Morgan fingerprint density at radius 3 is 1.50 bits per heavy atom. The molecule has 0 aliphatic heterocycles. The van der Waals surface area contributed by atoms with Crippen molar-refractivity contribution in [1.29, 1.82) is 0 Å². The molecular formula is C12H28N2O5S. The maximum atomic E-state index is 10.4. The Kier molecular flexibility index (Phi) is 17.4. The first kappa shape index (κ1) is 24.1. The van der Waals surface area contributed by atoms with Crippen molar-refractivity contribution < 1.29 is 21.6 Å². The van der Waals surface area contributed by atoms with Gasteiger partial charge in [-0.15, -0.1) is 0 Å². The zero-order valence-corrected chi connectivity index (χ0v) is 14.1. The monoisotopic (exact) mass is 312 g/mol. The number of primary amides is 1. The van der Waals surface area contributed by atoms with Crippen LogP contribution in [0.15, 0.2) is 12.2 Å². The third-order valence-corrected chi connectivity index (χ3v) is 2.63. The Balaban J connectivity index is -0.000000230. The highest BCUT2D eigenvalue weighted by molar-refractivity contribution is 7.81. The number of hydrogen-bond acceptors (Lipinski definition) is 6. The number of nitrogens with zero attached hydrogens (tertiary/aromatic N) is 1. The standard InChI is InChI=1S/C4H7NO.C4H11N.C4H10O4S/c1-3(2)4(5)6;1-4-5(2)3;1-3-7-9(5,6)8-4-2/h1H2,2H3,(H2,5,6);4H2,1-3H3;3-4H2,1-2H3. The lowest BCUT2D eigenvalue weighted by Gasteiger charge is -2.00. The van der Waals surface area contributed by atoms with E-state index in [4.69, 9.17) is 5.73 Å². The SMILES string of the molecule is C=C(C)C(N)=O.CCN(C)C.CCOS(=O)(=O)OCC. The van der Waals surface area contributed by atoms with Gasteiger partial charge in [0, 0.05) is 5.57 Å². The molecule has 0 heterocycles. The van der Waals surface area contributed by atoms with Gasteiger partial charge in [0.25, 0.3) is 0 Å². The molecule has 0 spiro atoms. The van der Waals surface area contributed by atoms with Crippen molar-refractivity contribution in [3.63, 3.8) is 0 Å². The average molecular weight is 312 g/mol. The van der Waals surface area contributed by atoms with E-state index in [9.17, 15) is 13.2 Å². The van der Waals surface area contributed by atoms with Crippen molar-refractivity contribution in [1.82, 2.24) is 4.90 Å². The van der Waals surface area contributed by atoms with E-state index >= 15 is 0 Å². The predicted octanol–water partition coefficient (Wildman–Crippen LogP) is 0.920. The topological polar surface area (TPSA) is 98.9 Å². The molecule has 0 aromatic carbocycles. The Labute approximate surface area is 123 Å². The van der Waals surface area contributed by atoms with E-state index in [2.05, 4.69) is 40.9 Å². The largest absolute Gasteiger partial charge is 0.399 e. The molecule has 0 aromatic rings. The number of nitrogens with two attached hydrogens (primary N) is 1. The quantitative estimate of drug-likeness (QED) is 0.732. The minimum Gasteiger partial charge on any atom is -0.366 e. The highest BCUT2D eigenvalue weighted by Crippen LogP contribution is 1.93. The summed E-state index contributed by atoms with van der Waals surface area (Å²) in [7, 11) is 0.429. The Morgan fingerprint density at radius 2 is 1.40 bits per heavy atom. The maximum Gasteiger partial charge on any atom is 0.399 e. The van der Waals surface area contributed by atoms with Gasteiger partial charge in [0.1, 0.15) is 0 Å². The summed E-state index contributed by atoms with van der Waals surface area (Å²) >= 11 is 0. The number of carbonyl (C=O) groups excluding carboxylic acids is 1. The van der Waals surface area contributed by atoms with Crippen molar-refractivity contribution in [2.75, 3.05) is 33.9 Å². The summed E-state index contributed by atoms with van der Waals surface area (Å²) in [6.45, 7) is 11.5. The Bertz CT molecular complexity index is 329. The van der Waals surface area contributed by atoms with Crippen molar-refractivity contribution in [3.05, 3.63) is 12.2 Å². The lowest BCUT2D eigenvalue weighted by Crippen LogP contribution is -2.10. The van der Waals surface area contributed by atoms with Gasteiger partial charge < -0.3 is 10.6 Å². The van der Waals surface area contributed by atoms with Crippen LogP contribution >= 0.6 is 0 Å². The summed E-state index contributed by atoms with van der Waals surface area (Å²) < 4.78 is 29.2. The molecule has 0 aromatic heterocycles. The molecule has 0 bridgehead atoms. The smallest absolute Gasteiger partial charge is 0.366 e. The zero-order chi connectivity index (χ0) is 16.8. The fourth-order valence-electron chi connectivity index (χ4n) is 0.323. The Hall–Kier alpha value is -0.960. The first-order valence-electron chi connectivity index (χ1n) is 6.17. The summed E-state index contributed by atoms with van der Waals surface area (Å²) in [4.78, 5) is 11.9. The van der Waals surface area contributed by atoms with Gasteiger partial charge in [0.05, 0.1) is 13.2 Å². The molecule has 0 unspecified atom stereocenters. The molecule has 0 rings (SSSR count). The van der Waals surface area contributed by atoms with E-state index < -0.39 is 16.3 Å². The molecule has 0 radical (unpaired) electrons. The fourth-order valence-corrected chi connectivity index (χ4v) is 0.968. The van der Waals surface area contributed by atoms with Gasteiger partial charge in [-0.3, -0.25) is 4.79 Å². The van der Waals surface area contributed by atoms with Crippen LogP contribution in [0.25, 0.3) is 0 Å². The van der Waals surface area contributed by atoms with Crippen molar-refractivity contribution >= 4 is 16.3 Å². The molecular weight excluding hydrogens is 284 g/mol. The molecule has 2 N–H and O–H groups in total. The predicted molar refractivity (Wildman–Crippen MR) is 80.4 cm³/mol. The average Bonchev–Trinajstić information content (AvgIpc) is 2.30. The van der Waals surface area contributed by atoms with Gasteiger partial charge >= 0.3 is 10.4 Å². The molecule has 1 amide bonds. The normalized spacial score (nSPS) is 9.95. The zero-order valence-electron chi connectivity index (χ0n) is 13.3. The van der Waals surface area contributed by atoms with Gasteiger partial charge in [-0.2, -0.15) is 8.42 Å². The number of rotatable bonds is 6. The van der Waals surface area contributed by atoms with E-state index in [1.807, 2.05) is 0 Å². The van der Waals surface area contributed by atoms with Gasteiger partial charge in [0.2, 0.25) is 5.91 Å². The van der Waals surface area contributed by atoms with Gasteiger partial charge in [-0.1, -0.05) is 13.5 Å². The first-order chi connectivity index (χ1) is 9.03. The maximum absolute atomic E-state index is 10.4. The number of carbonyl (C=O) groups is 1. The highest BCUT2D eigenvalue weighted by Gasteiger charge is 2.06. The van der Waals surface area contributed by atoms with Gasteiger partial charge in [0.15, 0.2) is 0 Å². The molecule has 7 nitrogen and oxygen atoms in total. The highest BCUT2D eigenvalue weighted by atomic mass is 32.3. The van der Waals surface area contributed by atoms with E-state index in [-0.39, 0.29) is 13.2 Å². The van der Waals surface area contributed by atoms with Crippen LogP contribution in [0.2, 0.25) is 0 Å². The molecule has 0 saturated carbocycles. The van der Waals surface area contributed by atoms with E-state index in [1.54, 1.807) is 20.8 Å². The van der Waals surface area contributed by atoms with Crippen LogP contribution in [-0.4, -0.2) is 53.1 Å². The lowest BCUT2D eigenvalue weighted by molar-refractivity contribution is -0.114. The molecule has 0 aliphatic carbocycles. The van der Waals surface area contributed by atoms with Crippen LogP contribution in [0.4, 0.5) is 0 Å². The molecule has 20 heavy (non-hydrogen) atoms. The molecule has 0 atom stereocenters. The van der Waals surface area contributed by atoms with Crippen LogP contribution in [0.5, 0.6) is 0 Å². The molecule has 0 aliphatic rings. The first-order valence-corrected chi connectivity index (χ1v) is 7.51. The third-order valence-electron chi connectivity index (χ3n) is 1.58. The van der Waals surface area contributed by atoms with E-state index in [1.165, 1.54) is 0 Å². The van der Waals surface area contributed by atoms with Crippen molar-refractivity contribution in [2.45, 2.75) is 27.7 Å². The Morgan fingerprint density at radius 1 is 1.15 bits per heavy atom. The third kappa shape index (κ3) is 25.8.